The smallest absolute Gasteiger partial charge is 0.317 e. The highest BCUT2D eigenvalue weighted by Gasteiger charge is 2.97. The molecule has 1 aromatic carbocycles. The molecule has 0 radical (unpaired) electrons. The van der Waals surface area contributed by atoms with Crippen LogP contribution in [0.4, 0.5) is 0 Å². The molecule has 0 amide bonds. The average molecular weight is 300 g/mol. The van der Waals surface area contributed by atoms with Gasteiger partial charge >= 0.3 is 11.9 Å². The van der Waals surface area contributed by atoms with Crippen molar-refractivity contribution in [3.63, 3.8) is 0 Å². The van der Waals surface area contributed by atoms with Crippen molar-refractivity contribution >= 4 is 11.9 Å². The molecule has 1 fully saturated rings. The number of rotatable bonds is 3. The number of hydrogen-bond acceptors (Lipinski definition) is 5. The summed E-state index contributed by atoms with van der Waals surface area (Å²) in [5, 5.41) is 0. The predicted octanol–water partition coefficient (Wildman–Crippen LogP) is 1.53. The van der Waals surface area contributed by atoms with Gasteiger partial charge in [-0.25, -0.2) is 0 Å². The Morgan fingerprint density at radius 1 is 1.00 bits per heavy atom. The monoisotopic (exact) mass is 300 g/mol. The van der Waals surface area contributed by atoms with Gasteiger partial charge in [0.15, 0.2) is 0 Å². The van der Waals surface area contributed by atoms with Crippen LogP contribution < -0.4 is 0 Å². The number of esters is 2. The summed E-state index contributed by atoms with van der Waals surface area (Å²) in [5.41, 5.74) is -1.24. The molecule has 3 aliphatic rings. The van der Waals surface area contributed by atoms with E-state index in [1.54, 1.807) is 13.2 Å². The minimum atomic E-state index is -1.10. The van der Waals surface area contributed by atoms with E-state index in [1.165, 1.54) is 14.2 Å². The molecule has 5 heteroatoms. The van der Waals surface area contributed by atoms with E-state index in [-0.39, 0.29) is 5.92 Å². The Balaban J connectivity index is 2.05. The second kappa shape index (κ2) is 3.79. The highest BCUT2D eigenvalue weighted by molar-refractivity contribution is 6.04. The van der Waals surface area contributed by atoms with Crippen molar-refractivity contribution in [1.29, 1.82) is 0 Å². The van der Waals surface area contributed by atoms with Crippen LogP contribution in [0.1, 0.15) is 17.0 Å². The van der Waals surface area contributed by atoms with Gasteiger partial charge in [-0.2, -0.15) is 0 Å². The summed E-state index contributed by atoms with van der Waals surface area (Å²) in [4.78, 5) is 25.3. The van der Waals surface area contributed by atoms with E-state index in [9.17, 15) is 9.59 Å². The van der Waals surface area contributed by atoms with E-state index in [0.717, 1.165) is 11.1 Å². The molecule has 0 aromatic heterocycles. The number of benzene rings is 1. The van der Waals surface area contributed by atoms with Crippen molar-refractivity contribution in [2.75, 3.05) is 21.3 Å². The lowest BCUT2D eigenvalue weighted by molar-refractivity contribution is -0.165. The van der Waals surface area contributed by atoms with Crippen LogP contribution in [0, 0.1) is 10.8 Å². The average Bonchev–Trinajstić information content (AvgIpc) is 3.01. The Kier molecular flexibility index (Phi) is 2.33. The zero-order chi connectivity index (χ0) is 15.8. The van der Waals surface area contributed by atoms with E-state index in [2.05, 4.69) is 0 Å². The second-order valence-electron chi connectivity index (χ2n) is 5.95. The van der Waals surface area contributed by atoms with Crippen molar-refractivity contribution in [1.82, 2.24) is 0 Å². The molecule has 0 heterocycles. The van der Waals surface area contributed by atoms with Gasteiger partial charge in [-0.3, -0.25) is 9.59 Å². The van der Waals surface area contributed by atoms with Gasteiger partial charge in [-0.1, -0.05) is 30.3 Å². The van der Waals surface area contributed by atoms with Gasteiger partial charge in [0, 0.05) is 13.0 Å². The Morgan fingerprint density at radius 3 is 2.32 bits per heavy atom. The molecule has 0 saturated heterocycles. The molecule has 1 aromatic rings. The molecule has 4 rings (SSSR count). The number of methoxy groups -OCH3 is 3. The zero-order valence-electron chi connectivity index (χ0n) is 12.6. The van der Waals surface area contributed by atoms with E-state index in [0.29, 0.717) is 0 Å². The summed E-state index contributed by atoms with van der Waals surface area (Å²) in [7, 11) is 4.23. The molecule has 0 N–H and O–H groups in total. The van der Waals surface area contributed by atoms with Crippen LogP contribution in [-0.2, 0) is 29.4 Å². The molecule has 0 bridgehead atoms. The van der Waals surface area contributed by atoms with Gasteiger partial charge in [0.05, 0.1) is 14.2 Å². The van der Waals surface area contributed by atoms with E-state index in [1.807, 2.05) is 30.3 Å². The maximum atomic E-state index is 12.7. The van der Waals surface area contributed by atoms with Gasteiger partial charge in [0.2, 0.25) is 0 Å². The third-order valence-corrected chi connectivity index (χ3v) is 5.65. The van der Waals surface area contributed by atoms with Crippen molar-refractivity contribution in [3.05, 3.63) is 47.5 Å². The van der Waals surface area contributed by atoms with Crippen molar-refractivity contribution in [2.45, 2.75) is 11.5 Å². The first-order valence-electron chi connectivity index (χ1n) is 7.10. The Morgan fingerprint density at radius 2 is 1.68 bits per heavy atom. The first kappa shape index (κ1) is 13.5. The fourth-order valence-electron chi connectivity index (χ4n) is 4.95. The lowest BCUT2D eigenvalue weighted by Gasteiger charge is -2.33. The number of carbonyl (C=O) groups excluding carboxylic acids is 2. The molecular weight excluding hydrogens is 284 g/mol. The molecule has 114 valence electrons. The lowest BCUT2D eigenvalue weighted by Crippen LogP contribution is -2.43. The SMILES string of the molecule is COC(=O)C12C=CC3(OC)c4ccccc4C1C32C(=O)OC. The molecule has 5 nitrogen and oxygen atoms in total. The second-order valence-corrected chi connectivity index (χ2v) is 5.95. The van der Waals surface area contributed by atoms with E-state index in [4.69, 9.17) is 14.2 Å². The highest BCUT2D eigenvalue weighted by atomic mass is 16.5. The maximum Gasteiger partial charge on any atom is 0.317 e. The Labute approximate surface area is 127 Å². The lowest BCUT2D eigenvalue weighted by atomic mass is 9.79. The van der Waals surface area contributed by atoms with Crippen LogP contribution in [0.5, 0.6) is 0 Å². The Bertz CT molecular complexity index is 738. The number of fused-ring (bicyclic) bond motifs is 4. The first-order valence-corrected chi connectivity index (χ1v) is 7.10. The van der Waals surface area contributed by atoms with E-state index >= 15 is 0 Å². The molecule has 3 aliphatic carbocycles. The number of carbonyl (C=O) groups is 2. The van der Waals surface area contributed by atoms with Gasteiger partial charge in [-0.05, 0) is 17.2 Å². The van der Waals surface area contributed by atoms with Crippen LogP contribution >= 0.6 is 0 Å². The fourth-order valence-corrected chi connectivity index (χ4v) is 4.95. The highest BCUT2D eigenvalue weighted by Crippen LogP contribution is 2.89. The normalized spacial score (nSPS) is 39.1. The third-order valence-electron chi connectivity index (χ3n) is 5.65. The minimum Gasteiger partial charge on any atom is -0.468 e. The predicted molar refractivity (Wildman–Crippen MR) is 75.9 cm³/mol. The topological polar surface area (TPSA) is 61.8 Å². The van der Waals surface area contributed by atoms with Gasteiger partial charge in [-0.15, -0.1) is 0 Å². The molecule has 4 atom stereocenters. The van der Waals surface area contributed by atoms with Crippen LogP contribution in [0.15, 0.2) is 36.4 Å². The van der Waals surface area contributed by atoms with Gasteiger partial charge in [0.25, 0.3) is 0 Å². The third kappa shape index (κ3) is 0.956. The van der Waals surface area contributed by atoms with Crippen LogP contribution in [-0.4, -0.2) is 33.3 Å². The summed E-state index contributed by atoms with van der Waals surface area (Å²) in [5.74, 6) is -1.17. The Hall–Kier alpha value is -2.14. The molecule has 0 aliphatic heterocycles. The largest absolute Gasteiger partial charge is 0.468 e. The van der Waals surface area contributed by atoms with Crippen molar-refractivity contribution < 1.29 is 23.8 Å². The van der Waals surface area contributed by atoms with Crippen molar-refractivity contribution in [3.8, 4) is 0 Å². The van der Waals surface area contributed by atoms with Crippen molar-refractivity contribution in [2.24, 2.45) is 10.8 Å². The number of hydrogen-bond donors (Lipinski definition) is 0. The van der Waals surface area contributed by atoms with Gasteiger partial charge in [0.1, 0.15) is 16.4 Å². The minimum absolute atomic E-state index is 0.305. The van der Waals surface area contributed by atoms with Crippen LogP contribution in [0.2, 0.25) is 0 Å². The summed E-state index contributed by atoms with van der Waals surface area (Å²) >= 11 is 0. The molecular formula is C17H16O5. The van der Waals surface area contributed by atoms with E-state index < -0.39 is 28.4 Å². The standard InChI is InChI=1S/C17H16O5/c1-20-13(18)15-8-9-16(22-3)11-7-5-4-6-10(11)12(15)17(15,16)14(19)21-2/h4-9,12H,1-3H3. The molecule has 0 spiro atoms. The van der Waals surface area contributed by atoms with Crippen LogP contribution in [0.25, 0.3) is 0 Å². The summed E-state index contributed by atoms with van der Waals surface area (Å²) in [6.07, 6.45) is 3.58. The first-order chi connectivity index (χ1) is 10.6. The quantitative estimate of drug-likeness (QED) is 0.626. The maximum absolute atomic E-state index is 12.7. The fraction of sp³-hybridized carbons (Fsp3) is 0.412. The molecule has 4 unspecified atom stereocenters. The molecule has 1 saturated carbocycles. The number of ether oxygens (including phenoxy) is 3. The molecule has 22 heavy (non-hydrogen) atoms. The zero-order valence-corrected chi connectivity index (χ0v) is 12.6. The van der Waals surface area contributed by atoms with Crippen LogP contribution in [0.3, 0.4) is 0 Å². The summed E-state index contributed by atoms with van der Waals surface area (Å²) in [6.45, 7) is 0. The summed E-state index contributed by atoms with van der Waals surface area (Å²) < 4.78 is 15.9. The van der Waals surface area contributed by atoms with Gasteiger partial charge < -0.3 is 14.2 Å². The summed E-state index contributed by atoms with van der Waals surface area (Å²) in [6, 6.07) is 7.68.